The topological polar surface area (TPSA) is 41.6 Å². The zero-order chi connectivity index (χ0) is 12.5. The number of para-hydroxylation sites is 1. The summed E-state index contributed by atoms with van der Waals surface area (Å²) in [6, 6.07) is 12.8. The first-order valence-electron chi connectivity index (χ1n) is 5.95. The van der Waals surface area contributed by atoms with Gasteiger partial charge >= 0.3 is 0 Å². The smallest absolute Gasteiger partial charge is 0.196 e. The Morgan fingerprint density at radius 3 is 2.83 bits per heavy atom. The van der Waals surface area contributed by atoms with E-state index < -0.39 is 0 Å². The summed E-state index contributed by atoms with van der Waals surface area (Å²) in [6.45, 7) is 2.84. The number of aryl methyl sites for hydroxylation is 1. The Bertz CT molecular complexity index is 574. The van der Waals surface area contributed by atoms with Gasteiger partial charge in [0.05, 0.1) is 12.6 Å². The van der Waals surface area contributed by atoms with Crippen LogP contribution in [0.15, 0.2) is 46.8 Å². The highest BCUT2D eigenvalue weighted by Gasteiger charge is 2.30. The molecule has 0 spiro atoms. The summed E-state index contributed by atoms with van der Waals surface area (Å²) in [5.74, 6) is 0.614. The first-order valence-corrected chi connectivity index (χ1v) is 6.83. The Balaban J connectivity index is 2.03. The average molecular weight is 257 g/mol. The third-order valence-electron chi connectivity index (χ3n) is 3.23. The molecule has 3 nitrogen and oxygen atoms in total. The first kappa shape index (κ1) is 11.3. The molecule has 0 amide bonds. The fourth-order valence-corrected chi connectivity index (χ4v) is 3.13. The SMILES string of the molecule is Cc1ccccc1N1C(N)=NCC1c1cccs1. The first-order chi connectivity index (χ1) is 8.77. The molecule has 3 rings (SSSR count). The Morgan fingerprint density at radius 1 is 1.28 bits per heavy atom. The number of aliphatic imine (C=N–C) groups is 1. The molecule has 1 atom stereocenters. The van der Waals surface area contributed by atoms with Crippen molar-refractivity contribution in [2.75, 3.05) is 11.4 Å². The van der Waals surface area contributed by atoms with Crippen LogP contribution in [0.1, 0.15) is 16.5 Å². The van der Waals surface area contributed by atoms with Crippen LogP contribution in [-0.4, -0.2) is 12.5 Å². The van der Waals surface area contributed by atoms with Crippen molar-refractivity contribution in [2.45, 2.75) is 13.0 Å². The summed E-state index contributed by atoms with van der Waals surface area (Å²) in [7, 11) is 0. The van der Waals surface area contributed by atoms with Crippen molar-refractivity contribution >= 4 is 23.0 Å². The van der Waals surface area contributed by atoms with Gasteiger partial charge in [0.2, 0.25) is 0 Å². The van der Waals surface area contributed by atoms with Gasteiger partial charge in [-0.15, -0.1) is 11.3 Å². The minimum Gasteiger partial charge on any atom is -0.369 e. The molecule has 2 aromatic rings. The van der Waals surface area contributed by atoms with Crippen LogP contribution in [0.2, 0.25) is 0 Å². The molecule has 0 saturated heterocycles. The second-order valence-corrected chi connectivity index (χ2v) is 5.37. The molecular formula is C14H15N3S. The highest BCUT2D eigenvalue weighted by Crippen LogP contribution is 2.34. The van der Waals surface area contributed by atoms with Crippen LogP contribution in [0.4, 0.5) is 5.69 Å². The molecule has 4 heteroatoms. The van der Waals surface area contributed by atoms with Crippen LogP contribution in [0, 0.1) is 6.92 Å². The number of hydrogen-bond acceptors (Lipinski definition) is 4. The molecule has 0 radical (unpaired) electrons. The Morgan fingerprint density at radius 2 is 2.11 bits per heavy atom. The second-order valence-electron chi connectivity index (χ2n) is 4.39. The fourth-order valence-electron chi connectivity index (χ4n) is 2.32. The molecule has 92 valence electrons. The predicted octanol–water partition coefficient (Wildman–Crippen LogP) is 2.93. The summed E-state index contributed by atoms with van der Waals surface area (Å²) < 4.78 is 0. The van der Waals surface area contributed by atoms with Crippen molar-refractivity contribution < 1.29 is 0 Å². The number of hydrogen-bond donors (Lipinski definition) is 1. The maximum atomic E-state index is 6.06. The lowest BCUT2D eigenvalue weighted by molar-refractivity contribution is 0.783. The van der Waals surface area contributed by atoms with Crippen molar-refractivity contribution in [3.05, 3.63) is 52.2 Å². The van der Waals surface area contributed by atoms with E-state index in [0.29, 0.717) is 5.96 Å². The molecule has 1 unspecified atom stereocenters. The van der Waals surface area contributed by atoms with E-state index in [1.54, 1.807) is 11.3 Å². The Hall–Kier alpha value is -1.81. The number of nitrogens with two attached hydrogens (primary N) is 1. The lowest BCUT2D eigenvalue weighted by Gasteiger charge is -2.27. The maximum absolute atomic E-state index is 6.06. The van der Waals surface area contributed by atoms with Crippen LogP contribution in [0.25, 0.3) is 0 Å². The molecule has 0 bridgehead atoms. The van der Waals surface area contributed by atoms with Crippen molar-refractivity contribution in [2.24, 2.45) is 10.7 Å². The summed E-state index contributed by atoms with van der Waals surface area (Å²) in [5.41, 5.74) is 8.43. The van der Waals surface area contributed by atoms with E-state index in [0.717, 1.165) is 12.2 Å². The van der Waals surface area contributed by atoms with Gasteiger partial charge in [-0.3, -0.25) is 4.99 Å². The van der Waals surface area contributed by atoms with E-state index in [4.69, 9.17) is 5.73 Å². The van der Waals surface area contributed by atoms with Crippen molar-refractivity contribution in [1.82, 2.24) is 0 Å². The average Bonchev–Trinajstić information content (AvgIpc) is 2.99. The van der Waals surface area contributed by atoms with Crippen LogP contribution >= 0.6 is 11.3 Å². The van der Waals surface area contributed by atoms with Gasteiger partial charge in [0.15, 0.2) is 5.96 Å². The lowest BCUT2D eigenvalue weighted by Crippen LogP contribution is -2.36. The third kappa shape index (κ3) is 1.78. The monoisotopic (exact) mass is 257 g/mol. The van der Waals surface area contributed by atoms with Gasteiger partial charge in [0.1, 0.15) is 0 Å². The van der Waals surface area contributed by atoms with Crippen LogP contribution in [0.5, 0.6) is 0 Å². The molecule has 2 heterocycles. The predicted molar refractivity (Wildman–Crippen MR) is 77.2 cm³/mol. The molecule has 18 heavy (non-hydrogen) atoms. The molecule has 0 aliphatic carbocycles. The van der Waals surface area contributed by atoms with E-state index >= 15 is 0 Å². The van der Waals surface area contributed by atoms with Gasteiger partial charge in [-0.2, -0.15) is 0 Å². The van der Waals surface area contributed by atoms with Gasteiger partial charge in [0.25, 0.3) is 0 Å². The maximum Gasteiger partial charge on any atom is 0.196 e. The lowest BCUT2D eigenvalue weighted by atomic mass is 10.1. The van der Waals surface area contributed by atoms with Gasteiger partial charge < -0.3 is 10.6 Å². The minimum absolute atomic E-state index is 0.242. The largest absolute Gasteiger partial charge is 0.369 e. The summed E-state index contributed by atoms with van der Waals surface area (Å²) in [6.07, 6.45) is 0. The molecule has 1 aliphatic heterocycles. The summed E-state index contributed by atoms with van der Waals surface area (Å²) >= 11 is 1.76. The Kier molecular flexibility index (Phi) is 2.80. The van der Waals surface area contributed by atoms with Crippen LogP contribution in [-0.2, 0) is 0 Å². The van der Waals surface area contributed by atoms with E-state index in [1.807, 2.05) is 12.1 Å². The van der Waals surface area contributed by atoms with Gasteiger partial charge in [0, 0.05) is 10.6 Å². The molecule has 1 aliphatic rings. The van der Waals surface area contributed by atoms with Crippen molar-refractivity contribution in [3.8, 4) is 0 Å². The van der Waals surface area contributed by atoms with Gasteiger partial charge in [-0.05, 0) is 30.0 Å². The van der Waals surface area contributed by atoms with Gasteiger partial charge in [-0.1, -0.05) is 24.3 Å². The summed E-state index contributed by atoms with van der Waals surface area (Å²) in [4.78, 5) is 7.85. The zero-order valence-electron chi connectivity index (χ0n) is 10.2. The number of thiophene rings is 1. The standard InChI is InChI=1S/C14H15N3S/c1-10-5-2-3-6-11(10)17-12(9-16-14(17)15)13-7-4-8-18-13/h2-8,12H,9H2,1H3,(H2,15,16). The van der Waals surface area contributed by atoms with Crippen molar-refractivity contribution in [3.63, 3.8) is 0 Å². The fraction of sp³-hybridized carbons (Fsp3) is 0.214. The van der Waals surface area contributed by atoms with Gasteiger partial charge in [-0.25, -0.2) is 0 Å². The third-order valence-corrected chi connectivity index (χ3v) is 4.20. The number of anilines is 1. The highest BCUT2D eigenvalue weighted by molar-refractivity contribution is 7.10. The quantitative estimate of drug-likeness (QED) is 0.898. The Labute approximate surface area is 111 Å². The van der Waals surface area contributed by atoms with Crippen LogP contribution < -0.4 is 10.6 Å². The number of guanidine groups is 1. The normalized spacial score (nSPS) is 19.1. The highest BCUT2D eigenvalue weighted by atomic mass is 32.1. The number of benzene rings is 1. The van der Waals surface area contributed by atoms with Crippen LogP contribution in [0.3, 0.4) is 0 Å². The number of nitrogens with zero attached hydrogens (tertiary/aromatic N) is 2. The van der Waals surface area contributed by atoms with E-state index in [2.05, 4.69) is 46.5 Å². The molecule has 0 saturated carbocycles. The van der Waals surface area contributed by atoms with Crippen molar-refractivity contribution in [1.29, 1.82) is 0 Å². The molecule has 1 aromatic heterocycles. The van der Waals surface area contributed by atoms with E-state index in [-0.39, 0.29) is 6.04 Å². The molecule has 1 aromatic carbocycles. The second kappa shape index (κ2) is 4.46. The molecule has 2 N–H and O–H groups in total. The van der Waals surface area contributed by atoms with E-state index in [1.165, 1.54) is 10.4 Å². The zero-order valence-corrected chi connectivity index (χ0v) is 11.0. The molecule has 0 fully saturated rings. The molecular weight excluding hydrogens is 242 g/mol. The summed E-state index contributed by atoms with van der Waals surface area (Å²) in [5, 5.41) is 2.10. The van der Waals surface area contributed by atoms with E-state index in [9.17, 15) is 0 Å². The number of rotatable bonds is 2. The minimum atomic E-state index is 0.242.